The zero-order chi connectivity index (χ0) is 19.3. The molecule has 0 saturated carbocycles. The zero-order valence-corrected chi connectivity index (χ0v) is 14.8. The van der Waals surface area contributed by atoms with Crippen molar-refractivity contribution in [3.05, 3.63) is 64.7 Å². The molecule has 8 heteroatoms. The van der Waals surface area contributed by atoms with E-state index in [1.54, 1.807) is 18.2 Å². The first-order valence-electron chi connectivity index (χ1n) is 7.65. The Morgan fingerprint density at radius 3 is 2.04 bits per heavy atom. The van der Waals surface area contributed by atoms with E-state index in [4.69, 9.17) is 0 Å². The zero-order valence-electron chi connectivity index (χ0n) is 13.9. The van der Waals surface area contributed by atoms with E-state index in [0.717, 1.165) is 13.8 Å². The van der Waals surface area contributed by atoms with Gasteiger partial charge in [0.15, 0.2) is 16.3 Å². The number of benzene rings is 2. The largest absolute Gasteiger partial charge is 0.324 e. The first-order chi connectivity index (χ1) is 12.1. The molecule has 26 heavy (non-hydrogen) atoms. The van der Waals surface area contributed by atoms with Crippen LogP contribution in [-0.2, 0) is 14.9 Å². The van der Waals surface area contributed by atoms with Crippen molar-refractivity contribution in [1.29, 1.82) is 0 Å². The SMILES string of the molecule is CC(C)(C(=O)Nc1cccc2c1C(=O)c1ccccc1C2=O)S(=O)(=O)O. The van der Waals surface area contributed by atoms with Gasteiger partial charge in [-0.1, -0.05) is 36.4 Å². The van der Waals surface area contributed by atoms with Gasteiger partial charge < -0.3 is 5.32 Å². The molecular weight excluding hydrogens is 358 g/mol. The lowest BCUT2D eigenvalue weighted by atomic mass is 9.83. The smallest absolute Gasteiger partial charge is 0.279 e. The second kappa shape index (κ2) is 5.86. The molecule has 1 amide bonds. The molecule has 0 fully saturated rings. The van der Waals surface area contributed by atoms with Gasteiger partial charge in [0.1, 0.15) is 0 Å². The van der Waals surface area contributed by atoms with Gasteiger partial charge in [0.05, 0.1) is 11.3 Å². The molecule has 2 aromatic rings. The number of anilines is 1. The molecule has 0 bridgehead atoms. The number of hydrogen-bond acceptors (Lipinski definition) is 5. The van der Waals surface area contributed by atoms with Gasteiger partial charge in [0.25, 0.3) is 10.1 Å². The van der Waals surface area contributed by atoms with Crippen LogP contribution in [0.1, 0.15) is 45.7 Å². The van der Waals surface area contributed by atoms with Crippen LogP contribution in [0, 0.1) is 0 Å². The minimum absolute atomic E-state index is 0.00399. The predicted octanol–water partition coefficient (Wildman–Crippen LogP) is 2.07. The molecule has 3 rings (SSSR count). The molecular formula is C18H15NO6S. The normalized spacial score (nSPS) is 13.8. The van der Waals surface area contributed by atoms with Crippen molar-refractivity contribution < 1.29 is 27.4 Å². The van der Waals surface area contributed by atoms with Crippen molar-refractivity contribution in [2.45, 2.75) is 18.6 Å². The van der Waals surface area contributed by atoms with E-state index in [1.807, 2.05) is 0 Å². The highest BCUT2D eigenvalue weighted by Gasteiger charge is 2.41. The average Bonchev–Trinajstić information content (AvgIpc) is 2.58. The summed E-state index contributed by atoms with van der Waals surface area (Å²) >= 11 is 0. The maximum atomic E-state index is 12.8. The Morgan fingerprint density at radius 1 is 0.923 bits per heavy atom. The van der Waals surface area contributed by atoms with Gasteiger partial charge in [-0.3, -0.25) is 18.9 Å². The fourth-order valence-corrected chi connectivity index (χ4v) is 2.92. The second-order valence-corrected chi connectivity index (χ2v) is 8.34. The molecule has 1 aliphatic rings. The molecule has 7 nitrogen and oxygen atoms in total. The lowest BCUT2D eigenvalue weighted by molar-refractivity contribution is -0.118. The minimum Gasteiger partial charge on any atom is -0.324 e. The number of carbonyl (C=O) groups excluding carboxylic acids is 3. The summed E-state index contributed by atoms with van der Waals surface area (Å²) in [6.07, 6.45) is 0. The lowest BCUT2D eigenvalue weighted by Gasteiger charge is -2.23. The van der Waals surface area contributed by atoms with Crippen LogP contribution in [0.25, 0.3) is 0 Å². The summed E-state index contributed by atoms with van der Waals surface area (Å²) in [7, 11) is -4.68. The monoisotopic (exact) mass is 373 g/mol. The Kier molecular flexibility index (Phi) is 4.05. The summed E-state index contributed by atoms with van der Waals surface area (Å²) in [4.78, 5) is 37.8. The molecule has 0 unspecified atom stereocenters. The van der Waals surface area contributed by atoms with Crippen molar-refractivity contribution in [3.8, 4) is 0 Å². The van der Waals surface area contributed by atoms with E-state index in [0.29, 0.717) is 0 Å². The summed E-state index contributed by atoms with van der Waals surface area (Å²) in [5.74, 6) is -1.83. The van der Waals surface area contributed by atoms with E-state index in [1.165, 1.54) is 24.3 Å². The Labute approximate surface area is 149 Å². The molecule has 2 aromatic carbocycles. The number of fused-ring (bicyclic) bond motifs is 2. The van der Waals surface area contributed by atoms with E-state index in [9.17, 15) is 27.4 Å². The first-order valence-corrected chi connectivity index (χ1v) is 9.09. The molecule has 134 valence electrons. The topological polar surface area (TPSA) is 118 Å². The third-order valence-electron chi connectivity index (χ3n) is 4.39. The molecule has 0 heterocycles. The highest BCUT2D eigenvalue weighted by Crippen LogP contribution is 2.32. The van der Waals surface area contributed by atoms with E-state index < -0.39 is 26.6 Å². The molecule has 0 radical (unpaired) electrons. The Hall–Kier alpha value is -2.84. The van der Waals surface area contributed by atoms with Crippen molar-refractivity contribution >= 4 is 33.3 Å². The predicted molar refractivity (Wildman–Crippen MR) is 94.0 cm³/mol. The molecule has 1 aliphatic carbocycles. The number of nitrogens with one attached hydrogen (secondary N) is 1. The standard InChI is InChI=1S/C18H15NO6S/c1-18(2,26(23,24)25)17(22)19-13-9-5-8-12-14(13)16(21)11-7-4-3-6-10(11)15(12)20/h3-9H,1-2H3,(H,19,22)(H,23,24,25). The fraction of sp³-hybridized carbons (Fsp3) is 0.167. The third-order valence-corrected chi connectivity index (χ3v) is 5.87. The highest BCUT2D eigenvalue weighted by molar-refractivity contribution is 7.88. The first kappa shape index (κ1) is 18.0. The molecule has 0 spiro atoms. The minimum atomic E-state index is -4.68. The van der Waals surface area contributed by atoms with Crippen LogP contribution >= 0.6 is 0 Å². The van der Waals surface area contributed by atoms with Crippen LogP contribution in [0.5, 0.6) is 0 Å². The van der Waals surface area contributed by atoms with E-state index in [2.05, 4.69) is 5.32 Å². The summed E-state index contributed by atoms with van der Waals surface area (Å²) in [5, 5.41) is 2.35. The van der Waals surface area contributed by atoms with E-state index >= 15 is 0 Å². The molecule has 0 atom stereocenters. The van der Waals surface area contributed by atoms with Crippen molar-refractivity contribution in [3.63, 3.8) is 0 Å². The Balaban J connectivity index is 2.10. The maximum absolute atomic E-state index is 12.8. The number of rotatable bonds is 3. The number of ketones is 2. The van der Waals surface area contributed by atoms with Crippen molar-refractivity contribution in [1.82, 2.24) is 0 Å². The van der Waals surface area contributed by atoms with Gasteiger partial charge in [0, 0.05) is 16.7 Å². The van der Waals surface area contributed by atoms with Gasteiger partial charge in [-0.25, -0.2) is 0 Å². The van der Waals surface area contributed by atoms with Gasteiger partial charge in [-0.2, -0.15) is 8.42 Å². The second-order valence-electron chi connectivity index (χ2n) is 6.37. The van der Waals surface area contributed by atoms with Crippen LogP contribution in [-0.4, -0.2) is 35.2 Å². The van der Waals surface area contributed by atoms with Crippen LogP contribution in [0.2, 0.25) is 0 Å². The average molecular weight is 373 g/mol. The summed E-state index contributed by atoms with van der Waals surface area (Å²) in [6, 6.07) is 10.7. The fourth-order valence-electron chi connectivity index (χ4n) is 2.64. The van der Waals surface area contributed by atoms with Gasteiger partial charge >= 0.3 is 0 Å². The van der Waals surface area contributed by atoms with Crippen molar-refractivity contribution in [2.75, 3.05) is 5.32 Å². The van der Waals surface area contributed by atoms with Crippen molar-refractivity contribution in [2.24, 2.45) is 0 Å². The third kappa shape index (κ3) is 2.63. The lowest BCUT2D eigenvalue weighted by Crippen LogP contribution is -2.44. The van der Waals surface area contributed by atoms with Gasteiger partial charge in [0.2, 0.25) is 5.91 Å². The number of amides is 1. The Morgan fingerprint density at radius 2 is 1.46 bits per heavy atom. The van der Waals surface area contributed by atoms with Crippen LogP contribution < -0.4 is 5.32 Å². The summed E-state index contributed by atoms with van der Waals surface area (Å²) in [6.45, 7) is 2.07. The summed E-state index contributed by atoms with van der Waals surface area (Å²) < 4.78 is 30.0. The Bertz CT molecular complexity index is 1070. The highest BCUT2D eigenvalue weighted by atomic mass is 32.2. The molecule has 0 aromatic heterocycles. The quantitative estimate of drug-likeness (QED) is 0.679. The molecule has 2 N–H and O–H groups in total. The van der Waals surface area contributed by atoms with Crippen LogP contribution in [0.4, 0.5) is 5.69 Å². The number of hydrogen-bond donors (Lipinski definition) is 2. The van der Waals surface area contributed by atoms with Crippen LogP contribution in [0.15, 0.2) is 42.5 Å². The molecule has 0 aliphatic heterocycles. The summed E-state index contributed by atoms with van der Waals surface area (Å²) in [5.41, 5.74) is 0.608. The van der Waals surface area contributed by atoms with Crippen LogP contribution in [0.3, 0.4) is 0 Å². The number of carbonyl (C=O) groups is 3. The van der Waals surface area contributed by atoms with Gasteiger partial charge in [-0.15, -0.1) is 0 Å². The molecule has 0 saturated heterocycles. The maximum Gasteiger partial charge on any atom is 0.279 e. The van der Waals surface area contributed by atoms with Gasteiger partial charge in [-0.05, 0) is 19.9 Å². The van der Waals surface area contributed by atoms with E-state index in [-0.39, 0.29) is 33.7 Å².